The highest BCUT2D eigenvalue weighted by atomic mass is 32.2. The highest BCUT2D eigenvalue weighted by Crippen LogP contribution is 2.39. The second kappa shape index (κ2) is 9.48. The zero-order valence-corrected chi connectivity index (χ0v) is 21.2. The number of morpholine rings is 1. The van der Waals surface area contributed by atoms with Gasteiger partial charge in [0.1, 0.15) is 0 Å². The second-order valence-corrected chi connectivity index (χ2v) is 10.4. The Labute approximate surface area is 214 Å². The number of nitrogens with one attached hydrogen (secondary N) is 1. The van der Waals surface area contributed by atoms with Crippen molar-refractivity contribution in [1.82, 2.24) is 19.5 Å². The number of imidazole rings is 1. The summed E-state index contributed by atoms with van der Waals surface area (Å²) in [6.45, 7) is 6.93. The standard InChI is InChI=1S/C27H29N7OS/c1-17-15-33(16-18(2)35-17)22-8-6-21(7-9-22)30-26-29-11-10-23(31-26)25-24(19-4-3-5-20(28)14-19)32-27-34(25)12-13-36-27/h3-11,14,17-18H,12-13,15-16,28H2,1-2H3,(H,29,30,31). The molecule has 2 atom stereocenters. The van der Waals surface area contributed by atoms with Gasteiger partial charge in [0.25, 0.3) is 0 Å². The average molecular weight is 500 g/mol. The zero-order valence-electron chi connectivity index (χ0n) is 20.4. The first-order valence-corrected chi connectivity index (χ1v) is 13.2. The largest absolute Gasteiger partial charge is 0.399 e. The second-order valence-electron chi connectivity index (χ2n) is 9.32. The number of nitrogens with zero attached hydrogens (tertiary/aromatic N) is 5. The molecule has 0 saturated carbocycles. The van der Waals surface area contributed by atoms with Gasteiger partial charge in [0.15, 0.2) is 5.16 Å². The molecule has 2 aliphatic rings. The van der Waals surface area contributed by atoms with Crippen LogP contribution < -0.4 is 16.0 Å². The van der Waals surface area contributed by atoms with Gasteiger partial charge in [0.05, 0.1) is 29.3 Å². The molecular weight excluding hydrogens is 470 g/mol. The molecule has 184 valence electrons. The third-order valence-corrected chi connectivity index (χ3v) is 7.40. The predicted molar refractivity (Wildman–Crippen MR) is 146 cm³/mol. The number of rotatable bonds is 5. The smallest absolute Gasteiger partial charge is 0.227 e. The number of nitrogens with two attached hydrogens (primary N) is 1. The normalized spacial score (nSPS) is 19.3. The van der Waals surface area contributed by atoms with Crippen molar-refractivity contribution in [2.45, 2.75) is 37.8 Å². The molecule has 4 heterocycles. The van der Waals surface area contributed by atoms with E-state index in [2.05, 4.69) is 57.9 Å². The SMILES string of the molecule is CC1CN(c2ccc(Nc3nccc(-c4c(-c5cccc(N)c5)nc5n4CCS5)n3)cc2)CC(C)O1. The first-order chi connectivity index (χ1) is 17.5. The van der Waals surface area contributed by atoms with Crippen molar-refractivity contribution in [1.29, 1.82) is 0 Å². The van der Waals surface area contributed by atoms with E-state index in [4.69, 9.17) is 20.4 Å². The number of thioether (sulfide) groups is 1. The Hall–Kier alpha value is -3.56. The molecule has 2 unspecified atom stereocenters. The number of benzene rings is 2. The molecule has 0 aliphatic carbocycles. The number of ether oxygens (including phenoxy) is 1. The lowest BCUT2D eigenvalue weighted by molar-refractivity contribution is -0.00521. The minimum Gasteiger partial charge on any atom is -0.399 e. The van der Waals surface area contributed by atoms with Crippen LogP contribution in [0.3, 0.4) is 0 Å². The Morgan fingerprint density at radius 2 is 1.83 bits per heavy atom. The van der Waals surface area contributed by atoms with Crippen molar-refractivity contribution in [2.75, 3.05) is 34.8 Å². The van der Waals surface area contributed by atoms with Crippen LogP contribution in [0.1, 0.15) is 13.8 Å². The van der Waals surface area contributed by atoms with Gasteiger partial charge in [0, 0.05) is 54.2 Å². The molecule has 6 rings (SSSR count). The average Bonchev–Trinajstić information content (AvgIpc) is 3.46. The van der Waals surface area contributed by atoms with Gasteiger partial charge >= 0.3 is 0 Å². The lowest BCUT2D eigenvalue weighted by atomic mass is 10.1. The van der Waals surface area contributed by atoms with E-state index < -0.39 is 0 Å². The summed E-state index contributed by atoms with van der Waals surface area (Å²) in [6, 6.07) is 18.2. The molecule has 1 saturated heterocycles. The Morgan fingerprint density at radius 3 is 2.61 bits per heavy atom. The predicted octanol–water partition coefficient (Wildman–Crippen LogP) is 5.05. The fraction of sp³-hybridized carbons (Fsp3) is 0.296. The third kappa shape index (κ3) is 4.52. The van der Waals surface area contributed by atoms with E-state index in [1.807, 2.05) is 30.3 Å². The van der Waals surface area contributed by atoms with Crippen LogP contribution in [-0.2, 0) is 11.3 Å². The van der Waals surface area contributed by atoms with E-state index in [-0.39, 0.29) is 12.2 Å². The molecule has 0 radical (unpaired) electrons. The molecule has 4 aromatic rings. The summed E-state index contributed by atoms with van der Waals surface area (Å²) in [5.74, 6) is 1.56. The van der Waals surface area contributed by atoms with Crippen molar-refractivity contribution in [2.24, 2.45) is 0 Å². The fourth-order valence-corrected chi connectivity index (χ4v) is 5.90. The van der Waals surface area contributed by atoms with Crippen molar-refractivity contribution in [3.05, 3.63) is 60.8 Å². The van der Waals surface area contributed by atoms with Gasteiger partial charge in [-0.15, -0.1) is 0 Å². The summed E-state index contributed by atoms with van der Waals surface area (Å²) in [5, 5.41) is 4.38. The van der Waals surface area contributed by atoms with Crippen molar-refractivity contribution in [3.8, 4) is 22.6 Å². The molecule has 2 aliphatic heterocycles. The van der Waals surface area contributed by atoms with Gasteiger partial charge in [-0.1, -0.05) is 23.9 Å². The van der Waals surface area contributed by atoms with Gasteiger partial charge in [-0.05, 0) is 56.3 Å². The van der Waals surface area contributed by atoms with Crippen LogP contribution in [0.15, 0.2) is 66.0 Å². The van der Waals surface area contributed by atoms with E-state index in [1.165, 1.54) is 5.69 Å². The van der Waals surface area contributed by atoms with E-state index in [9.17, 15) is 0 Å². The molecule has 0 amide bonds. The summed E-state index contributed by atoms with van der Waals surface area (Å²) >= 11 is 1.77. The molecule has 0 spiro atoms. The quantitative estimate of drug-likeness (QED) is 0.368. The minimum atomic E-state index is 0.225. The third-order valence-electron chi connectivity index (χ3n) is 6.45. The van der Waals surface area contributed by atoms with Crippen LogP contribution in [0.25, 0.3) is 22.6 Å². The number of anilines is 4. The lowest BCUT2D eigenvalue weighted by Crippen LogP contribution is -2.45. The summed E-state index contributed by atoms with van der Waals surface area (Å²) in [5.41, 5.74) is 12.6. The molecule has 3 N–H and O–H groups in total. The number of aromatic nitrogens is 4. The maximum Gasteiger partial charge on any atom is 0.227 e. The summed E-state index contributed by atoms with van der Waals surface area (Å²) in [6.07, 6.45) is 2.24. The molecule has 2 aromatic carbocycles. The molecule has 36 heavy (non-hydrogen) atoms. The molecule has 8 nitrogen and oxygen atoms in total. The molecule has 0 bridgehead atoms. The first-order valence-electron chi connectivity index (χ1n) is 12.2. The monoisotopic (exact) mass is 499 g/mol. The Morgan fingerprint density at radius 1 is 1.03 bits per heavy atom. The highest BCUT2D eigenvalue weighted by molar-refractivity contribution is 7.99. The van der Waals surface area contributed by atoms with E-state index in [0.717, 1.165) is 58.9 Å². The van der Waals surface area contributed by atoms with Crippen molar-refractivity contribution >= 4 is 34.8 Å². The number of hydrogen-bond donors (Lipinski definition) is 2. The minimum absolute atomic E-state index is 0.225. The topological polar surface area (TPSA) is 94.1 Å². The molecule has 9 heteroatoms. The molecule has 1 fully saturated rings. The number of fused-ring (bicyclic) bond motifs is 1. The van der Waals surface area contributed by atoms with E-state index in [0.29, 0.717) is 11.6 Å². The van der Waals surface area contributed by atoms with Crippen molar-refractivity contribution < 1.29 is 4.74 Å². The maximum atomic E-state index is 6.07. The first kappa shape index (κ1) is 22.9. The summed E-state index contributed by atoms with van der Waals surface area (Å²) < 4.78 is 8.11. The van der Waals surface area contributed by atoms with E-state index >= 15 is 0 Å². The Kier molecular flexibility index (Phi) is 6.02. The van der Waals surface area contributed by atoms with Crippen LogP contribution in [0.5, 0.6) is 0 Å². The van der Waals surface area contributed by atoms with Crippen LogP contribution >= 0.6 is 11.8 Å². The van der Waals surface area contributed by atoms with Crippen LogP contribution in [0.4, 0.5) is 23.0 Å². The Balaban J connectivity index is 1.27. The molecular formula is C27H29N7OS. The van der Waals surface area contributed by atoms with Crippen LogP contribution in [0.2, 0.25) is 0 Å². The fourth-order valence-electron chi connectivity index (χ4n) is 4.95. The Bertz CT molecular complexity index is 1380. The summed E-state index contributed by atoms with van der Waals surface area (Å²) in [4.78, 5) is 16.7. The van der Waals surface area contributed by atoms with Crippen LogP contribution in [-0.4, -0.2) is 50.6 Å². The zero-order chi connectivity index (χ0) is 24.6. The lowest BCUT2D eigenvalue weighted by Gasteiger charge is -2.36. The van der Waals surface area contributed by atoms with Gasteiger partial charge < -0.3 is 25.3 Å². The van der Waals surface area contributed by atoms with Gasteiger partial charge in [0.2, 0.25) is 5.95 Å². The summed E-state index contributed by atoms with van der Waals surface area (Å²) in [7, 11) is 0. The van der Waals surface area contributed by atoms with Gasteiger partial charge in [-0.2, -0.15) is 0 Å². The van der Waals surface area contributed by atoms with Gasteiger partial charge in [-0.3, -0.25) is 0 Å². The number of hydrogen-bond acceptors (Lipinski definition) is 8. The highest BCUT2D eigenvalue weighted by Gasteiger charge is 2.25. The molecule has 2 aromatic heterocycles. The van der Waals surface area contributed by atoms with Crippen LogP contribution in [0, 0.1) is 0 Å². The maximum absolute atomic E-state index is 6.07. The van der Waals surface area contributed by atoms with Gasteiger partial charge in [-0.25, -0.2) is 15.0 Å². The van der Waals surface area contributed by atoms with E-state index in [1.54, 1.807) is 18.0 Å². The van der Waals surface area contributed by atoms with Crippen molar-refractivity contribution in [3.63, 3.8) is 0 Å². The number of nitrogen functional groups attached to an aromatic ring is 1.